The third-order valence-electron chi connectivity index (χ3n) is 4.44. The fourth-order valence-electron chi connectivity index (χ4n) is 2.49. The molecule has 2 saturated carbocycles. The third kappa shape index (κ3) is 2.68. The first-order valence-electron chi connectivity index (χ1n) is 7.38. The summed E-state index contributed by atoms with van der Waals surface area (Å²) in [6.07, 6.45) is 11.7. The molecule has 0 aromatic heterocycles. The van der Waals surface area contributed by atoms with E-state index in [-0.39, 0.29) is 11.9 Å². The Hall–Kier alpha value is -1.31. The first kappa shape index (κ1) is 12.7. The number of benzene rings is 1. The van der Waals surface area contributed by atoms with Crippen molar-refractivity contribution in [3.8, 4) is 5.75 Å². The SMILES string of the molecule is Cc1c(/C=C/C2CCC2)ccc(OC2CCC2)c1F. The van der Waals surface area contributed by atoms with Crippen molar-refractivity contribution in [2.24, 2.45) is 5.92 Å². The zero-order valence-electron chi connectivity index (χ0n) is 11.5. The first-order chi connectivity index (χ1) is 9.24. The molecule has 1 aromatic carbocycles. The molecule has 0 bridgehead atoms. The molecule has 0 atom stereocenters. The molecule has 19 heavy (non-hydrogen) atoms. The molecule has 2 aliphatic carbocycles. The summed E-state index contributed by atoms with van der Waals surface area (Å²) >= 11 is 0. The molecule has 0 N–H and O–H groups in total. The van der Waals surface area contributed by atoms with Crippen LogP contribution in [-0.4, -0.2) is 6.10 Å². The molecular weight excluding hydrogens is 239 g/mol. The predicted molar refractivity (Wildman–Crippen MR) is 75.8 cm³/mol. The van der Waals surface area contributed by atoms with Crippen molar-refractivity contribution in [3.63, 3.8) is 0 Å². The van der Waals surface area contributed by atoms with Gasteiger partial charge < -0.3 is 4.74 Å². The second-order valence-electron chi connectivity index (χ2n) is 5.81. The van der Waals surface area contributed by atoms with Crippen molar-refractivity contribution >= 4 is 6.08 Å². The quantitative estimate of drug-likeness (QED) is 0.749. The second kappa shape index (κ2) is 5.36. The van der Waals surface area contributed by atoms with Crippen LogP contribution in [0.5, 0.6) is 5.75 Å². The van der Waals surface area contributed by atoms with E-state index in [0.717, 1.165) is 18.4 Å². The van der Waals surface area contributed by atoms with Gasteiger partial charge >= 0.3 is 0 Å². The summed E-state index contributed by atoms with van der Waals surface area (Å²) in [6.45, 7) is 1.84. The number of rotatable bonds is 4. The molecule has 0 unspecified atom stereocenters. The van der Waals surface area contributed by atoms with Crippen molar-refractivity contribution in [2.45, 2.75) is 51.6 Å². The summed E-state index contributed by atoms with van der Waals surface area (Å²) in [6, 6.07) is 3.75. The van der Waals surface area contributed by atoms with Crippen LogP contribution in [0, 0.1) is 18.7 Å². The van der Waals surface area contributed by atoms with Gasteiger partial charge in [0.25, 0.3) is 0 Å². The van der Waals surface area contributed by atoms with Crippen LogP contribution in [0.25, 0.3) is 6.08 Å². The van der Waals surface area contributed by atoms with Gasteiger partial charge in [-0.15, -0.1) is 0 Å². The molecule has 1 nitrogen and oxygen atoms in total. The van der Waals surface area contributed by atoms with Gasteiger partial charge in [0, 0.05) is 0 Å². The smallest absolute Gasteiger partial charge is 0.168 e. The summed E-state index contributed by atoms with van der Waals surface area (Å²) in [5.41, 5.74) is 1.68. The highest BCUT2D eigenvalue weighted by molar-refractivity contribution is 5.56. The van der Waals surface area contributed by atoms with E-state index in [0.29, 0.717) is 17.2 Å². The van der Waals surface area contributed by atoms with E-state index >= 15 is 0 Å². The molecule has 3 rings (SSSR count). The van der Waals surface area contributed by atoms with E-state index in [9.17, 15) is 4.39 Å². The van der Waals surface area contributed by atoms with Crippen LogP contribution in [0.15, 0.2) is 18.2 Å². The number of hydrogen-bond acceptors (Lipinski definition) is 1. The van der Waals surface area contributed by atoms with Crippen LogP contribution in [0.2, 0.25) is 0 Å². The third-order valence-corrected chi connectivity index (χ3v) is 4.44. The highest BCUT2D eigenvalue weighted by Gasteiger charge is 2.21. The molecule has 1 aromatic rings. The molecule has 2 aliphatic rings. The first-order valence-corrected chi connectivity index (χ1v) is 7.38. The van der Waals surface area contributed by atoms with E-state index in [1.165, 1.54) is 25.7 Å². The van der Waals surface area contributed by atoms with E-state index < -0.39 is 0 Å². The van der Waals surface area contributed by atoms with Crippen LogP contribution in [0.4, 0.5) is 4.39 Å². The topological polar surface area (TPSA) is 9.23 Å². The van der Waals surface area contributed by atoms with Crippen LogP contribution < -0.4 is 4.74 Å². The largest absolute Gasteiger partial charge is 0.487 e. The van der Waals surface area contributed by atoms with E-state index in [2.05, 4.69) is 12.2 Å². The minimum Gasteiger partial charge on any atom is -0.487 e. The molecule has 0 saturated heterocycles. The lowest BCUT2D eigenvalue weighted by atomic mass is 9.85. The maximum Gasteiger partial charge on any atom is 0.168 e. The monoisotopic (exact) mass is 260 g/mol. The zero-order valence-corrected chi connectivity index (χ0v) is 11.5. The Bertz CT molecular complexity index is 484. The molecule has 0 heterocycles. The molecule has 0 radical (unpaired) electrons. The number of hydrogen-bond donors (Lipinski definition) is 0. The minimum atomic E-state index is -0.192. The molecule has 102 valence electrons. The van der Waals surface area contributed by atoms with Gasteiger partial charge in [0.2, 0.25) is 0 Å². The predicted octanol–water partition coefficient (Wildman–Crippen LogP) is 4.88. The molecule has 2 fully saturated rings. The molecule has 0 aliphatic heterocycles. The van der Waals surface area contributed by atoms with Crippen molar-refractivity contribution < 1.29 is 9.13 Å². The van der Waals surface area contributed by atoms with Gasteiger partial charge in [0.05, 0.1) is 6.10 Å². The average Bonchev–Trinajstić information content (AvgIpc) is 2.29. The van der Waals surface area contributed by atoms with Gasteiger partial charge in [0.15, 0.2) is 11.6 Å². The summed E-state index contributed by atoms with van der Waals surface area (Å²) in [7, 11) is 0. The molecule has 0 spiro atoms. The maximum absolute atomic E-state index is 14.2. The lowest BCUT2D eigenvalue weighted by Crippen LogP contribution is -2.25. The van der Waals surface area contributed by atoms with Crippen molar-refractivity contribution in [1.82, 2.24) is 0 Å². The lowest BCUT2D eigenvalue weighted by Gasteiger charge is -2.27. The fraction of sp³-hybridized carbons (Fsp3) is 0.529. The Morgan fingerprint density at radius 3 is 2.47 bits per heavy atom. The van der Waals surface area contributed by atoms with Gasteiger partial charge in [-0.2, -0.15) is 0 Å². The molecular formula is C17H21FO. The molecule has 0 amide bonds. The zero-order chi connectivity index (χ0) is 13.2. The summed E-state index contributed by atoms with van der Waals surface area (Å²) in [4.78, 5) is 0. The van der Waals surface area contributed by atoms with Gasteiger partial charge in [-0.1, -0.05) is 24.6 Å². The van der Waals surface area contributed by atoms with Crippen LogP contribution >= 0.6 is 0 Å². The normalized spacial score (nSPS) is 20.3. The van der Waals surface area contributed by atoms with Crippen LogP contribution in [0.1, 0.15) is 49.7 Å². The highest BCUT2D eigenvalue weighted by Crippen LogP contribution is 2.31. The Labute approximate surface area is 114 Å². The molecule has 2 heteroatoms. The van der Waals surface area contributed by atoms with Crippen LogP contribution in [0.3, 0.4) is 0 Å². The minimum absolute atomic E-state index is 0.192. The van der Waals surface area contributed by atoms with Gasteiger partial charge in [-0.25, -0.2) is 4.39 Å². The summed E-state index contributed by atoms with van der Waals surface area (Å²) < 4.78 is 19.9. The van der Waals surface area contributed by atoms with Crippen molar-refractivity contribution in [3.05, 3.63) is 35.2 Å². The maximum atomic E-state index is 14.2. The Kier molecular flexibility index (Phi) is 3.58. The number of allylic oxidation sites excluding steroid dienone is 1. The number of ether oxygens (including phenoxy) is 1. The Balaban J connectivity index is 1.74. The van der Waals surface area contributed by atoms with E-state index in [1.807, 2.05) is 13.0 Å². The van der Waals surface area contributed by atoms with Gasteiger partial charge in [-0.05, 0) is 62.1 Å². The van der Waals surface area contributed by atoms with Crippen molar-refractivity contribution in [1.29, 1.82) is 0 Å². The van der Waals surface area contributed by atoms with Crippen molar-refractivity contribution in [2.75, 3.05) is 0 Å². The Morgan fingerprint density at radius 1 is 1.16 bits per heavy atom. The van der Waals surface area contributed by atoms with Crippen LogP contribution in [-0.2, 0) is 0 Å². The summed E-state index contributed by atoms with van der Waals surface area (Å²) in [5, 5.41) is 0. The van der Waals surface area contributed by atoms with E-state index in [4.69, 9.17) is 4.74 Å². The number of halogens is 1. The fourth-order valence-corrected chi connectivity index (χ4v) is 2.49. The average molecular weight is 260 g/mol. The second-order valence-corrected chi connectivity index (χ2v) is 5.81. The van der Waals surface area contributed by atoms with E-state index in [1.54, 1.807) is 6.07 Å². The van der Waals surface area contributed by atoms with Gasteiger partial charge in [-0.3, -0.25) is 0 Å². The van der Waals surface area contributed by atoms with Gasteiger partial charge in [0.1, 0.15) is 0 Å². The summed E-state index contributed by atoms with van der Waals surface area (Å²) in [5.74, 6) is 0.930. The standard InChI is InChI=1S/C17H21FO/c1-12-14(9-8-13-4-2-5-13)10-11-16(17(12)18)19-15-6-3-7-15/h8-11,13,15H,2-7H2,1H3/b9-8+. The Morgan fingerprint density at radius 2 is 1.89 bits per heavy atom. The highest BCUT2D eigenvalue weighted by atomic mass is 19.1. The lowest BCUT2D eigenvalue weighted by molar-refractivity contribution is 0.115.